The summed E-state index contributed by atoms with van der Waals surface area (Å²) < 4.78 is 0. The van der Waals surface area contributed by atoms with Crippen LogP contribution in [0.5, 0.6) is 6.01 Å². The Morgan fingerprint density at radius 1 is 1.50 bits per heavy atom. The van der Waals surface area contributed by atoms with Gasteiger partial charge >= 0.3 is 6.01 Å². The molecule has 0 saturated heterocycles. The van der Waals surface area contributed by atoms with Gasteiger partial charge in [0.1, 0.15) is 5.84 Å². The Balaban J connectivity index is 2.86. The summed E-state index contributed by atoms with van der Waals surface area (Å²) in [4.78, 5) is 16.0. The molecule has 8 heteroatoms. The van der Waals surface area contributed by atoms with Crippen LogP contribution in [0.15, 0.2) is 5.16 Å². The quantitative estimate of drug-likeness (QED) is 0.427. The van der Waals surface area contributed by atoms with Crippen LogP contribution in [0.3, 0.4) is 0 Å². The zero-order valence-corrected chi connectivity index (χ0v) is 8.41. The molecule has 7 nitrogen and oxygen atoms in total. The number of nitrogens with zero attached hydrogens (tertiary/aromatic N) is 4. The van der Waals surface area contributed by atoms with Gasteiger partial charge in [0.2, 0.25) is 11.2 Å². The molecule has 0 bridgehead atoms. The first-order chi connectivity index (χ1) is 6.61. The molecular weight excluding hydrogens is 208 g/mol. The molecule has 0 atom stereocenters. The first-order valence-electron chi connectivity index (χ1n) is 3.68. The second-order valence-electron chi connectivity index (χ2n) is 2.28. The van der Waals surface area contributed by atoms with E-state index < -0.39 is 0 Å². The van der Waals surface area contributed by atoms with E-state index in [0.717, 1.165) is 0 Å². The highest BCUT2D eigenvalue weighted by Gasteiger charge is 2.04. The SMILES string of the molecule is CNc1nc(Cl)nc(ON=C(C)N)n1. The largest absolute Gasteiger partial charge is 0.385 e. The highest BCUT2D eigenvalue weighted by molar-refractivity contribution is 6.28. The molecule has 1 aromatic rings. The van der Waals surface area contributed by atoms with Gasteiger partial charge in [-0.1, -0.05) is 5.16 Å². The van der Waals surface area contributed by atoms with Crippen molar-refractivity contribution in [3.8, 4) is 6.01 Å². The molecule has 0 unspecified atom stereocenters. The minimum Gasteiger partial charge on any atom is -0.385 e. The second-order valence-corrected chi connectivity index (χ2v) is 2.62. The number of anilines is 1. The fourth-order valence-corrected chi connectivity index (χ4v) is 0.750. The van der Waals surface area contributed by atoms with Crippen LogP contribution in [-0.4, -0.2) is 27.8 Å². The molecular formula is C6H9ClN6O. The van der Waals surface area contributed by atoms with Gasteiger partial charge in [-0.15, -0.1) is 0 Å². The average Bonchev–Trinajstić information content (AvgIpc) is 2.14. The first-order valence-corrected chi connectivity index (χ1v) is 4.06. The van der Waals surface area contributed by atoms with E-state index in [0.29, 0.717) is 5.95 Å². The maximum absolute atomic E-state index is 5.58. The van der Waals surface area contributed by atoms with Gasteiger partial charge < -0.3 is 15.9 Å². The third kappa shape index (κ3) is 3.02. The molecule has 14 heavy (non-hydrogen) atoms. The molecule has 0 radical (unpaired) electrons. The van der Waals surface area contributed by atoms with Gasteiger partial charge in [0.25, 0.3) is 0 Å². The summed E-state index contributed by atoms with van der Waals surface area (Å²) in [5.74, 6) is 0.553. The lowest BCUT2D eigenvalue weighted by atomic mass is 10.7. The van der Waals surface area contributed by atoms with Crippen molar-refractivity contribution in [2.75, 3.05) is 12.4 Å². The van der Waals surface area contributed by atoms with Crippen molar-refractivity contribution in [3.63, 3.8) is 0 Å². The molecule has 1 rings (SSSR count). The third-order valence-corrected chi connectivity index (χ3v) is 1.25. The molecule has 0 amide bonds. The van der Waals surface area contributed by atoms with Crippen LogP contribution >= 0.6 is 11.6 Å². The highest BCUT2D eigenvalue weighted by Crippen LogP contribution is 2.10. The second kappa shape index (κ2) is 4.56. The lowest BCUT2D eigenvalue weighted by molar-refractivity contribution is 0.311. The Morgan fingerprint density at radius 2 is 2.21 bits per heavy atom. The number of hydrogen-bond acceptors (Lipinski definition) is 6. The number of nitrogens with two attached hydrogens (primary N) is 1. The Labute approximate surface area is 85.3 Å². The van der Waals surface area contributed by atoms with Gasteiger partial charge in [-0.05, 0) is 18.5 Å². The summed E-state index contributed by atoms with van der Waals surface area (Å²) >= 11 is 5.58. The number of hydrogen-bond donors (Lipinski definition) is 2. The van der Waals surface area contributed by atoms with Gasteiger partial charge in [-0.3, -0.25) is 0 Å². The highest BCUT2D eigenvalue weighted by atomic mass is 35.5. The maximum Gasteiger partial charge on any atom is 0.351 e. The van der Waals surface area contributed by atoms with Crippen LogP contribution in [0, 0.1) is 0 Å². The topological polar surface area (TPSA) is 98.3 Å². The van der Waals surface area contributed by atoms with Crippen LogP contribution in [0.4, 0.5) is 5.95 Å². The summed E-state index contributed by atoms with van der Waals surface area (Å²) in [5, 5.41) is 6.17. The van der Waals surface area contributed by atoms with Crippen molar-refractivity contribution in [2.45, 2.75) is 6.92 Å². The minimum atomic E-state index is -0.0147. The summed E-state index contributed by atoms with van der Waals surface area (Å²) in [5.41, 5.74) is 5.25. The Morgan fingerprint density at radius 3 is 2.79 bits per heavy atom. The standard InChI is InChI=1S/C6H9ClN6O/c1-3(8)13-14-6-11-4(7)10-5(9-2)12-6/h1-2H3,(H2,8,13)(H,9,10,11,12). The van der Waals surface area contributed by atoms with Crippen molar-refractivity contribution >= 4 is 23.4 Å². The molecule has 0 aliphatic carbocycles. The molecule has 0 saturated carbocycles. The number of oxime groups is 1. The van der Waals surface area contributed by atoms with Crippen LogP contribution in [0.1, 0.15) is 6.92 Å². The number of nitrogens with one attached hydrogen (secondary N) is 1. The molecule has 0 spiro atoms. The van der Waals surface area contributed by atoms with E-state index in [-0.39, 0.29) is 17.1 Å². The third-order valence-electron chi connectivity index (χ3n) is 1.08. The molecule has 0 aliphatic heterocycles. The van der Waals surface area contributed by atoms with Gasteiger partial charge in [0, 0.05) is 7.05 Å². The van der Waals surface area contributed by atoms with Crippen molar-refractivity contribution in [1.29, 1.82) is 0 Å². The van der Waals surface area contributed by atoms with Crippen LogP contribution in [0.2, 0.25) is 5.28 Å². The molecule has 0 fully saturated rings. The van der Waals surface area contributed by atoms with E-state index in [1.165, 1.54) is 0 Å². The van der Waals surface area contributed by atoms with Gasteiger partial charge in [-0.2, -0.15) is 15.0 Å². The van der Waals surface area contributed by atoms with E-state index in [9.17, 15) is 0 Å². The predicted octanol–water partition coefficient (Wildman–Crippen LogP) is 0.238. The van der Waals surface area contributed by atoms with E-state index in [1.807, 2.05) is 0 Å². The number of rotatable bonds is 3. The molecule has 1 heterocycles. The van der Waals surface area contributed by atoms with E-state index >= 15 is 0 Å². The zero-order chi connectivity index (χ0) is 10.6. The summed E-state index contributed by atoms with van der Waals surface area (Å²) in [6.45, 7) is 1.57. The smallest absolute Gasteiger partial charge is 0.351 e. The maximum atomic E-state index is 5.58. The van der Waals surface area contributed by atoms with Gasteiger partial charge in [-0.25, -0.2) is 0 Å². The van der Waals surface area contributed by atoms with Gasteiger partial charge in [0.15, 0.2) is 0 Å². The first kappa shape index (κ1) is 10.5. The zero-order valence-electron chi connectivity index (χ0n) is 7.65. The summed E-state index contributed by atoms with van der Waals surface area (Å²) in [6.07, 6.45) is 0. The minimum absolute atomic E-state index is 0.0147. The number of aromatic nitrogens is 3. The number of amidine groups is 1. The van der Waals surface area contributed by atoms with Crippen LogP contribution in [0.25, 0.3) is 0 Å². The molecule has 3 N–H and O–H groups in total. The van der Waals surface area contributed by atoms with Crippen LogP contribution in [-0.2, 0) is 0 Å². The molecule has 1 aromatic heterocycles. The van der Waals surface area contributed by atoms with Crippen molar-refractivity contribution < 1.29 is 4.84 Å². The van der Waals surface area contributed by atoms with E-state index in [1.54, 1.807) is 14.0 Å². The molecule has 76 valence electrons. The Hall–Kier alpha value is -1.63. The fraction of sp³-hybridized carbons (Fsp3) is 0.333. The van der Waals surface area contributed by atoms with Crippen molar-refractivity contribution in [2.24, 2.45) is 10.9 Å². The molecule has 0 aromatic carbocycles. The van der Waals surface area contributed by atoms with Crippen LogP contribution < -0.4 is 15.9 Å². The summed E-state index contributed by atoms with van der Waals surface area (Å²) in [7, 11) is 1.65. The van der Waals surface area contributed by atoms with Crippen molar-refractivity contribution in [3.05, 3.63) is 5.28 Å². The van der Waals surface area contributed by atoms with E-state index in [2.05, 4.69) is 25.4 Å². The van der Waals surface area contributed by atoms with Gasteiger partial charge in [0.05, 0.1) is 0 Å². The van der Waals surface area contributed by atoms with Crippen molar-refractivity contribution in [1.82, 2.24) is 15.0 Å². The average molecular weight is 217 g/mol. The molecule has 0 aliphatic rings. The lowest BCUT2D eigenvalue weighted by Crippen LogP contribution is -2.08. The Bertz CT molecular complexity index is 350. The summed E-state index contributed by atoms with van der Waals surface area (Å²) in [6, 6.07) is -0.0147. The lowest BCUT2D eigenvalue weighted by Gasteiger charge is -2.00. The predicted molar refractivity (Wildman–Crippen MR) is 52.3 cm³/mol. The normalized spacial score (nSPS) is 11.2. The van der Waals surface area contributed by atoms with E-state index in [4.69, 9.17) is 22.2 Å². The fourth-order valence-electron chi connectivity index (χ4n) is 0.597. The monoisotopic (exact) mass is 216 g/mol. The Kier molecular flexibility index (Phi) is 3.41. The number of halogens is 1.